The summed E-state index contributed by atoms with van der Waals surface area (Å²) in [6.07, 6.45) is 2.06. The summed E-state index contributed by atoms with van der Waals surface area (Å²) in [4.78, 5) is 13.3. The Labute approximate surface area is 140 Å². The Morgan fingerprint density at radius 1 is 1.18 bits per heavy atom. The summed E-state index contributed by atoms with van der Waals surface area (Å²) in [6, 6.07) is 13.7. The van der Waals surface area contributed by atoms with E-state index in [0.29, 0.717) is 23.7 Å². The highest BCUT2D eigenvalue weighted by molar-refractivity contribution is 7.98. The van der Waals surface area contributed by atoms with Crippen molar-refractivity contribution >= 4 is 35.0 Å². The topological polar surface area (TPSA) is 41.1 Å². The van der Waals surface area contributed by atoms with E-state index in [9.17, 15) is 4.79 Å². The van der Waals surface area contributed by atoms with Gasteiger partial charge in [-0.25, -0.2) is 0 Å². The van der Waals surface area contributed by atoms with Crippen molar-refractivity contribution in [2.45, 2.75) is 18.4 Å². The van der Waals surface area contributed by atoms with Gasteiger partial charge in [0.25, 0.3) is 5.91 Å². The molecule has 0 radical (unpaired) electrons. The SMILES string of the molecule is CCNC(=O)c1cc(Cl)ccc1NCc1ccc(SC)cc1. The normalized spacial score (nSPS) is 10.3. The van der Waals surface area contributed by atoms with Gasteiger partial charge in [0.2, 0.25) is 0 Å². The molecule has 2 N–H and O–H groups in total. The van der Waals surface area contributed by atoms with Crippen LogP contribution in [-0.4, -0.2) is 18.7 Å². The van der Waals surface area contributed by atoms with E-state index in [4.69, 9.17) is 11.6 Å². The van der Waals surface area contributed by atoms with Crippen LogP contribution < -0.4 is 10.6 Å². The maximum atomic E-state index is 12.1. The molecule has 0 fully saturated rings. The Balaban J connectivity index is 2.12. The van der Waals surface area contributed by atoms with E-state index in [2.05, 4.69) is 41.2 Å². The van der Waals surface area contributed by atoms with Crippen molar-refractivity contribution in [3.63, 3.8) is 0 Å². The summed E-state index contributed by atoms with van der Waals surface area (Å²) in [6.45, 7) is 3.13. The van der Waals surface area contributed by atoms with Gasteiger partial charge in [-0.15, -0.1) is 11.8 Å². The molecule has 0 saturated carbocycles. The second kappa shape index (κ2) is 8.11. The zero-order valence-corrected chi connectivity index (χ0v) is 14.2. The minimum Gasteiger partial charge on any atom is -0.380 e. The summed E-state index contributed by atoms with van der Waals surface area (Å²) in [5, 5.41) is 6.66. The van der Waals surface area contributed by atoms with Crippen LogP contribution in [0, 0.1) is 0 Å². The molecule has 0 bridgehead atoms. The lowest BCUT2D eigenvalue weighted by atomic mass is 10.1. The monoisotopic (exact) mass is 334 g/mol. The number of benzene rings is 2. The molecule has 116 valence electrons. The van der Waals surface area contributed by atoms with Crippen LogP contribution in [0.1, 0.15) is 22.8 Å². The van der Waals surface area contributed by atoms with E-state index in [1.807, 2.05) is 13.0 Å². The van der Waals surface area contributed by atoms with Crippen molar-refractivity contribution in [2.75, 3.05) is 18.1 Å². The Hall–Kier alpha value is -1.65. The van der Waals surface area contributed by atoms with E-state index in [1.165, 1.54) is 4.90 Å². The van der Waals surface area contributed by atoms with Crippen LogP contribution in [0.4, 0.5) is 5.69 Å². The molecule has 0 aliphatic carbocycles. The summed E-state index contributed by atoms with van der Waals surface area (Å²) >= 11 is 7.72. The number of thioether (sulfide) groups is 1. The Morgan fingerprint density at radius 2 is 1.91 bits per heavy atom. The van der Waals surface area contributed by atoms with E-state index in [1.54, 1.807) is 23.9 Å². The first-order valence-corrected chi connectivity index (χ1v) is 8.69. The molecule has 0 aliphatic heterocycles. The first-order valence-electron chi connectivity index (χ1n) is 7.08. The number of rotatable bonds is 6. The quantitative estimate of drug-likeness (QED) is 0.768. The third-order valence-electron chi connectivity index (χ3n) is 3.21. The fraction of sp³-hybridized carbons (Fsp3) is 0.235. The van der Waals surface area contributed by atoms with Crippen LogP contribution in [0.2, 0.25) is 5.02 Å². The second-order valence-electron chi connectivity index (χ2n) is 4.75. The molecule has 2 aromatic carbocycles. The third kappa shape index (κ3) is 4.42. The largest absolute Gasteiger partial charge is 0.380 e. The Kier molecular flexibility index (Phi) is 6.16. The predicted molar refractivity (Wildman–Crippen MR) is 95.0 cm³/mol. The lowest BCUT2D eigenvalue weighted by Crippen LogP contribution is -2.23. The summed E-state index contributed by atoms with van der Waals surface area (Å²) in [5.74, 6) is -0.120. The van der Waals surface area contributed by atoms with Crippen molar-refractivity contribution < 1.29 is 4.79 Å². The number of nitrogens with one attached hydrogen (secondary N) is 2. The first-order chi connectivity index (χ1) is 10.6. The van der Waals surface area contributed by atoms with Gasteiger partial charge in [-0.2, -0.15) is 0 Å². The molecule has 0 aromatic heterocycles. The maximum absolute atomic E-state index is 12.1. The van der Waals surface area contributed by atoms with Gasteiger partial charge in [-0.05, 0) is 49.1 Å². The van der Waals surface area contributed by atoms with Crippen LogP contribution in [0.3, 0.4) is 0 Å². The van der Waals surface area contributed by atoms with Crippen LogP contribution in [0.25, 0.3) is 0 Å². The number of hydrogen-bond acceptors (Lipinski definition) is 3. The molecule has 0 spiro atoms. The highest BCUT2D eigenvalue weighted by Gasteiger charge is 2.11. The molecule has 5 heteroatoms. The molecule has 2 aromatic rings. The van der Waals surface area contributed by atoms with E-state index < -0.39 is 0 Å². The van der Waals surface area contributed by atoms with Gasteiger partial charge in [-0.3, -0.25) is 4.79 Å². The van der Waals surface area contributed by atoms with Crippen LogP contribution in [0.5, 0.6) is 0 Å². The lowest BCUT2D eigenvalue weighted by molar-refractivity contribution is 0.0956. The zero-order chi connectivity index (χ0) is 15.9. The molecule has 2 rings (SSSR count). The number of anilines is 1. The minimum absolute atomic E-state index is 0.120. The van der Waals surface area contributed by atoms with Crippen LogP contribution in [-0.2, 0) is 6.54 Å². The van der Waals surface area contributed by atoms with E-state index in [0.717, 1.165) is 11.3 Å². The number of amides is 1. The molecule has 3 nitrogen and oxygen atoms in total. The smallest absolute Gasteiger partial charge is 0.253 e. The molecule has 0 atom stereocenters. The van der Waals surface area contributed by atoms with Crippen molar-refractivity contribution in [2.24, 2.45) is 0 Å². The second-order valence-corrected chi connectivity index (χ2v) is 6.07. The minimum atomic E-state index is -0.120. The van der Waals surface area contributed by atoms with Gasteiger partial charge in [-0.1, -0.05) is 23.7 Å². The number of hydrogen-bond donors (Lipinski definition) is 2. The molecule has 0 unspecified atom stereocenters. The van der Waals surface area contributed by atoms with E-state index >= 15 is 0 Å². The summed E-state index contributed by atoms with van der Waals surface area (Å²) < 4.78 is 0. The van der Waals surface area contributed by atoms with Gasteiger partial charge in [0.1, 0.15) is 0 Å². The molecule has 0 aliphatic rings. The number of halogens is 1. The number of carbonyl (C=O) groups is 1. The van der Waals surface area contributed by atoms with Crippen molar-refractivity contribution in [3.8, 4) is 0 Å². The first kappa shape index (κ1) is 16.7. The van der Waals surface area contributed by atoms with Gasteiger partial charge in [0, 0.05) is 28.7 Å². The highest BCUT2D eigenvalue weighted by Crippen LogP contribution is 2.22. The standard InChI is InChI=1S/C17H19ClN2OS/c1-3-19-17(21)15-10-13(18)6-9-16(15)20-11-12-4-7-14(22-2)8-5-12/h4-10,20H,3,11H2,1-2H3,(H,19,21). The summed E-state index contributed by atoms with van der Waals surface area (Å²) in [5.41, 5.74) is 2.51. The fourth-order valence-electron chi connectivity index (χ4n) is 2.05. The zero-order valence-electron chi connectivity index (χ0n) is 12.7. The number of carbonyl (C=O) groups excluding carboxylic acids is 1. The van der Waals surface area contributed by atoms with Crippen molar-refractivity contribution in [1.29, 1.82) is 0 Å². The Bertz CT molecular complexity index is 644. The molecule has 1 amide bonds. The van der Waals surface area contributed by atoms with Crippen LogP contribution >= 0.6 is 23.4 Å². The van der Waals surface area contributed by atoms with Crippen molar-refractivity contribution in [1.82, 2.24) is 5.32 Å². The highest BCUT2D eigenvalue weighted by atomic mass is 35.5. The van der Waals surface area contributed by atoms with Gasteiger partial charge in [0.05, 0.1) is 5.56 Å². The van der Waals surface area contributed by atoms with Gasteiger partial charge >= 0.3 is 0 Å². The molecular weight excluding hydrogens is 316 g/mol. The molecular formula is C17H19ClN2OS. The average Bonchev–Trinajstić information content (AvgIpc) is 2.54. The summed E-state index contributed by atoms with van der Waals surface area (Å²) in [7, 11) is 0. The fourth-order valence-corrected chi connectivity index (χ4v) is 2.64. The van der Waals surface area contributed by atoms with Crippen LogP contribution in [0.15, 0.2) is 47.4 Å². The Morgan fingerprint density at radius 3 is 2.55 bits per heavy atom. The molecule has 22 heavy (non-hydrogen) atoms. The van der Waals surface area contributed by atoms with Gasteiger partial charge in [0.15, 0.2) is 0 Å². The van der Waals surface area contributed by atoms with E-state index in [-0.39, 0.29) is 5.91 Å². The molecule has 0 saturated heterocycles. The van der Waals surface area contributed by atoms with Gasteiger partial charge < -0.3 is 10.6 Å². The molecule has 0 heterocycles. The predicted octanol–water partition coefficient (Wildman–Crippen LogP) is 4.42. The lowest BCUT2D eigenvalue weighted by Gasteiger charge is -2.12. The average molecular weight is 335 g/mol. The maximum Gasteiger partial charge on any atom is 0.253 e. The van der Waals surface area contributed by atoms with Crippen molar-refractivity contribution in [3.05, 3.63) is 58.6 Å². The third-order valence-corrected chi connectivity index (χ3v) is 4.18.